The number of likely N-dealkylation sites (tertiary alicyclic amines) is 1. The van der Waals surface area contributed by atoms with Crippen molar-refractivity contribution in [2.45, 2.75) is 37.8 Å². The highest BCUT2D eigenvalue weighted by molar-refractivity contribution is 5.79. The first kappa shape index (κ1) is 10.9. The summed E-state index contributed by atoms with van der Waals surface area (Å²) in [5.41, 5.74) is 5.61. The first-order valence-corrected chi connectivity index (χ1v) is 5.78. The Hall–Kier alpha value is -0.610. The van der Waals surface area contributed by atoms with Gasteiger partial charge < -0.3 is 15.4 Å². The highest BCUT2D eigenvalue weighted by atomic mass is 16.5. The Morgan fingerprint density at radius 3 is 2.93 bits per heavy atom. The number of carbonyl (C=O) groups excluding carboxylic acids is 1. The van der Waals surface area contributed by atoms with Gasteiger partial charge in [0.15, 0.2) is 0 Å². The molecule has 0 radical (unpaired) electrons. The van der Waals surface area contributed by atoms with E-state index in [-0.39, 0.29) is 12.0 Å². The smallest absolute Gasteiger partial charge is 0.223 e. The minimum absolute atomic E-state index is 0.241. The van der Waals surface area contributed by atoms with E-state index in [2.05, 4.69) is 0 Å². The lowest BCUT2D eigenvalue weighted by atomic mass is 10.1. The van der Waals surface area contributed by atoms with Crippen molar-refractivity contribution < 1.29 is 9.53 Å². The number of amides is 1. The second-order valence-electron chi connectivity index (χ2n) is 4.62. The van der Waals surface area contributed by atoms with E-state index in [0.29, 0.717) is 24.9 Å². The molecule has 2 N–H and O–H groups in total. The fraction of sp³-hybridized carbons (Fsp3) is 0.909. The molecule has 1 amide bonds. The summed E-state index contributed by atoms with van der Waals surface area (Å²) >= 11 is 0. The van der Waals surface area contributed by atoms with E-state index >= 15 is 0 Å². The van der Waals surface area contributed by atoms with Crippen LogP contribution in [0.2, 0.25) is 0 Å². The molecule has 0 spiro atoms. The van der Waals surface area contributed by atoms with Crippen molar-refractivity contribution in [2.24, 2.45) is 11.7 Å². The minimum atomic E-state index is 0.241. The van der Waals surface area contributed by atoms with Gasteiger partial charge in [-0.25, -0.2) is 0 Å². The third kappa shape index (κ3) is 2.01. The average molecular weight is 212 g/mol. The lowest BCUT2D eigenvalue weighted by Crippen LogP contribution is -2.42. The van der Waals surface area contributed by atoms with Gasteiger partial charge in [-0.2, -0.15) is 0 Å². The second-order valence-corrected chi connectivity index (χ2v) is 4.62. The highest BCUT2D eigenvalue weighted by Gasteiger charge is 2.39. The third-order valence-electron chi connectivity index (χ3n) is 3.69. The molecular weight excluding hydrogens is 192 g/mol. The SMILES string of the molecule is COC1CCCC1N1CC(CN)CC1=O. The van der Waals surface area contributed by atoms with Crippen LogP contribution in [0.3, 0.4) is 0 Å². The summed E-state index contributed by atoms with van der Waals surface area (Å²) in [5, 5.41) is 0. The molecule has 0 aromatic carbocycles. The topological polar surface area (TPSA) is 55.6 Å². The first-order valence-electron chi connectivity index (χ1n) is 5.78. The molecule has 1 saturated carbocycles. The van der Waals surface area contributed by atoms with Crippen LogP contribution in [0.25, 0.3) is 0 Å². The Balaban J connectivity index is 2.01. The Bertz CT molecular complexity index is 245. The van der Waals surface area contributed by atoms with Gasteiger partial charge in [-0.1, -0.05) is 0 Å². The molecule has 86 valence electrons. The van der Waals surface area contributed by atoms with Crippen molar-refractivity contribution in [3.8, 4) is 0 Å². The second kappa shape index (κ2) is 4.49. The lowest BCUT2D eigenvalue weighted by molar-refractivity contribution is -0.131. The fourth-order valence-corrected chi connectivity index (χ4v) is 2.82. The van der Waals surface area contributed by atoms with E-state index in [1.54, 1.807) is 7.11 Å². The standard InChI is InChI=1S/C11H20N2O2/c1-15-10-4-2-3-9(10)13-7-8(6-12)5-11(13)14/h8-10H,2-7,12H2,1H3. The molecule has 2 fully saturated rings. The molecule has 1 aliphatic heterocycles. The highest BCUT2D eigenvalue weighted by Crippen LogP contribution is 2.30. The predicted octanol–water partition coefficient (Wildman–Crippen LogP) is 0.361. The zero-order valence-corrected chi connectivity index (χ0v) is 9.32. The van der Waals surface area contributed by atoms with Gasteiger partial charge in [0.1, 0.15) is 0 Å². The molecule has 15 heavy (non-hydrogen) atoms. The molecule has 4 heteroatoms. The van der Waals surface area contributed by atoms with E-state index in [4.69, 9.17) is 10.5 Å². The number of carbonyl (C=O) groups is 1. The molecule has 4 nitrogen and oxygen atoms in total. The molecule has 1 saturated heterocycles. The number of ether oxygens (including phenoxy) is 1. The number of nitrogens with two attached hydrogens (primary N) is 1. The third-order valence-corrected chi connectivity index (χ3v) is 3.69. The van der Waals surface area contributed by atoms with Crippen LogP contribution in [0.5, 0.6) is 0 Å². The van der Waals surface area contributed by atoms with Crippen LogP contribution < -0.4 is 5.73 Å². The van der Waals surface area contributed by atoms with Crippen LogP contribution in [-0.4, -0.2) is 43.2 Å². The minimum Gasteiger partial charge on any atom is -0.379 e. The first-order chi connectivity index (χ1) is 7.26. The largest absolute Gasteiger partial charge is 0.379 e. The molecule has 0 aromatic heterocycles. The Kier molecular flexibility index (Phi) is 3.26. The molecule has 0 bridgehead atoms. The molecule has 2 aliphatic rings. The maximum absolute atomic E-state index is 11.8. The molecule has 3 atom stereocenters. The van der Waals surface area contributed by atoms with Crippen LogP contribution in [0.1, 0.15) is 25.7 Å². The van der Waals surface area contributed by atoms with Gasteiger partial charge in [0.05, 0.1) is 12.1 Å². The van der Waals surface area contributed by atoms with Crippen molar-refractivity contribution in [1.82, 2.24) is 4.90 Å². The fourth-order valence-electron chi connectivity index (χ4n) is 2.82. The van der Waals surface area contributed by atoms with Crippen LogP contribution in [-0.2, 0) is 9.53 Å². The van der Waals surface area contributed by atoms with Crippen LogP contribution in [0.15, 0.2) is 0 Å². The van der Waals surface area contributed by atoms with E-state index in [9.17, 15) is 4.79 Å². The molecule has 2 rings (SSSR count). The van der Waals surface area contributed by atoms with E-state index in [1.807, 2.05) is 4.90 Å². The van der Waals surface area contributed by atoms with Crippen LogP contribution in [0, 0.1) is 5.92 Å². The predicted molar refractivity (Wildman–Crippen MR) is 57.3 cm³/mol. The summed E-state index contributed by atoms with van der Waals surface area (Å²) in [4.78, 5) is 13.8. The van der Waals surface area contributed by atoms with Gasteiger partial charge in [-0.15, -0.1) is 0 Å². The summed E-state index contributed by atoms with van der Waals surface area (Å²) < 4.78 is 5.43. The summed E-state index contributed by atoms with van der Waals surface area (Å²) in [7, 11) is 1.74. The van der Waals surface area contributed by atoms with E-state index in [0.717, 1.165) is 19.4 Å². The Morgan fingerprint density at radius 1 is 1.53 bits per heavy atom. The summed E-state index contributed by atoms with van der Waals surface area (Å²) in [6.07, 6.45) is 4.20. The number of hydrogen-bond acceptors (Lipinski definition) is 3. The van der Waals surface area contributed by atoms with Crippen molar-refractivity contribution in [2.75, 3.05) is 20.2 Å². The number of nitrogens with zero attached hydrogens (tertiary/aromatic N) is 1. The van der Waals surface area contributed by atoms with Crippen LogP contribution in [0.4, 0.5) is 0 Å². The van der Waals surface area contributed by atoms with Crippen molar-refractivity contribution >= 4 is 5.91 Å². The molecule has 1 aliphatic carbocycles. The maximum atomic E-state index is 11.8. The van der Waals surface area contributed by atoms with E-state index < -0.39 is 0 Å². The molecule has 0 aromatic rings. The quantitative estimate of drug-likeness (QED) is 0.735. The Labute approximate surface area is 90.8 Å². The zero-order valence-electron chi connectivity index (χ0n) is 9.32. The van der Waals surface area contributed by atoms with Gasteiger partial charge >= 0.3 is 0 Å². The van der Waals surface area contributed by atoms with Gasteiger partial charge in [0, 0.05) is 20.1 Å². The monoisotopic (exact) mass is 212 g/mol. The summed E-state index contributed by atoms with van der Waals surface area (Å²) in [6.45, 7) is 1.45. The number of methoxy groups -OCH3 is 1. The average Bonchev–Trinajstić information content (AvgIpc) is 2.82. The van der Waals surface area contributed by atoms with Gasteiger partial charge in [0.25, 0.3) is 0 Å². The Morgan fingerprint density at radius 2 is 2.33 bits per heavy atom. The van der Waals surface area contributed by atoms with Crippen LogP contribution >= 0.6 is 0 Å². The molecular formula is C11H20N2O2. The zero-order chi connectivity index (χ0) is 10.8. The molecule has 1 heterocycles. The maximum Gasteiger partial charge on any atom is 0.223 e. The lowest BCUT2D eigenvalue weighted by Gasteiger charge is -2.28. The van der Waals surface area contributed by atoms with Crippen molar-refractivity contribution in [1.29, 1.82) is 0 Å². The van der Waals surface area contributed by atoms with Gasteiger partial charge in [-0.3, -0.25) is 4.79 Å². The molecule has 3 unspecified atom stereocenters. The van der Waals surface area contributed by atoms with E-state index in [1.165, 1.54) is 6.42 Å². The van der Waals surface area contributed by atoms with Gasteiger partial charge in [0.2, 0.25) is 5.91 Å². The normalized spacial score (nSPS) is 36.5. The van der Waals surface area contributed by atoms with Crippen molar-refractivity contribution in [3.63, 3.8) is 0 Å². The number of hydrogen-bond donors (Lipinski definition) is 1. The summed E-state index contributed by atoms with van der Waals surface area (Å²) in [5.74, 6) is 0.620. The van der Waals surface area contributed by atoms with Gasteiger partial charge in [-0.05, 0) is 31.7 Å². The van der Waals surface area contributed by atoms with Crippen molar-refractivity contribution in [3.05, 3.63) is 0 Å². The summed E-state index contributed by atoms with van der Waals surface area (Å²) in [6, 6.07) is 0.305. The number of rotatable bonds is 3.